The summed E-state index contributed by atoms with van der Waals surface area (Å²) in [7, 11) is 0. The number of hydrogen-bond donors (Lipinski definition) is 1. The predicted molar refractivity (Wildman–Crippen MR) is 105 cm³/mol. The van der Waals surface area contributed by atoms with E-state index >= 15 is 0 Å². The molecule has 0 aromatic heterocycles. The molecule has 1 nitrogen and oxygen atoms in total. The van der Waals surface area contributed by atoms with Crippen molar-refractivity contribution >= 4 is 0 Å². The molecule has 0 aromatic carbocycles. The second-order valence-electron chi connectivity index (χ2n) is 10.7. The van der Waals surface area contributed by atoms with Gasteiger partial charge in [-0.3, -0.25) is 0 Å². The molecule has 4 rings (SSSR count). The third kappa shape index (κ3) is 2.67. The fourth-order valence-electron chi connectivity index (χ4n) is 8.27. The first-order valence-corrected chi connectivity index (χ1v) is 11.3. The van der Waals surface area contributed by atoms with Gasteiger partial charge in [-0.05, 0) is 91.8 Å². The van der Waals surface area contributed by atoms with Crippen LogP contribution in [0, 0.1) is 40.4 Å². The van der Waals surface area contributed by atoms with E-state index < -0.39 is 0 Å². The molecule has 0 aromatic rings. The number of hydrogen-bond acceptors (Lipinski definition) is 1. The van der Waals surface area contributed by atoms with Crippen LogP contribution in [0.4, 0.5) is 0 Å². The lowest BCUT2D eigenvalue weighted by atomic mass is 9.47. The van der Waals surface area contributed by atoms with E-state index in [1.54, 1.807) is 5.57 Å². The minimum Gasteiger partial charge on any atom is -0.393 e. The molecule has 142 valence electrons. The van der Waals surface area contributed by atoms with Crippen LogP contribution in [-0.4, -0.2) is 11.2 Å². The molecule has 4 unspecified atom stereocenters. The second-order valence-corrected chi connectivity index (χ2v) is 10.7. The molecule has 3 saturated carbocycles. The molecule has 0 amide bonds. The highest BCUT2D eigenvalue weighted by Gasteiger charge is 2.58. The third-order valence-corrected chi connectivity index (χ3v) is 9.58. The molecule has 4 aliphatic rings. The van der Waals surface area contributed by atoms with Gasteiger partial charge in [0.25, 0.3) is 0 Å². The number of aliphatic hydroxyl groups is 1. The van der Waals surface area contributed by atoms with Crippen LogP contribution < -0.4 is 0 Å². The summed E-state index contributed by atoms with van der Waals surface area (Å²) in [6, 6.07) is 0. The van der Waals surface area contributed by atoms with Crippen LogP contribution in [0.25, 0.3) is 0 Å². The van der Waals surface area contributed by atoms with Crippen molar-refractivity contribution in [1.82, 2.24) is 0 Å². The second kappa shape index (κ2) is 6.39. The van der Waals surface area contributed by atoms with Crippen molar-refractivity contribution in [3.8, 4) is 0 Å². The van der Waals surface area contributed by atoms with Gasteiger partial charge >= 0.3 is 0 Å². The Bertz CT molecular complexity index is 536. The van der Waals surface area contributed by atoms with Crippen molar-refractivity contribution in [1.29, 1.82) is 0 Å². The molecule has 0 spiro atoms. The van der Waals surface area contributed by atoms with E-state index in [2.05, 4.69) is 33.8 Å². The minimum absolute atomic E-state index is 0.0736. The summed E-state index contributed by atoms with van der Waals surface area (Å²) in [5.74, 6) is 4.63. The van der Waals surface area contributed by atoms with Crippen LogP contribution in [-0.2, 0) is 0 Å². The Morgan fingerprint density at radius 2 is 1.92 bits per heavy atom. The Morgan fingerprint density at radius 1 is 1.12 bits per heavy atom. The molecule has 25 heavy (non-hydrogen) atoms. The largest absolute Gasteiger partial charge is 0.393 e. The Labute approximate surface area is 155 Å². The van der Waals surface area contributed by atoms with Gasteiger partial charge in [-0.2, -0.15) is 0 Å². The van der Waals surface area contributed by atoms with Crippen LogP contribution in [0.1, 0.15) is 91.9 Å². The molecule has 0 radical (unpaired) electrons. The highest BCUT2D eigenvalue weighted by atomic mass is 16.3. The SMILES string of the molecule is CCC[C@@H](C)C1CCC2C3CC=C4C[C@@H](O)CC[C@]4(C)C3CC[C@@]21C. The molecule has 3 fully saturated rings. The smallest absolute Gasteiger partial charge is 0.0577 e. The zero-order valence-corrected chi connectivity index (χ0v) is 17.1. The van der Waals surface area contributed by atoms with Gasteiger partial charge in [0.1, 0.15) is 0 Å². The lowest BCUT2D eigenvalue weighted by Gasteiger charge is -2.58. The minimum atomic E-state index is -0.0736. The van der Waals surface area contributed by atoms with E-state index in [0.717, 1.165) is 42.4 Å². The molecule has 1 heteroatoms. The lowest BCUT2D eigenvalue weighted by molar-refractivity contribution is -0.0571. The molecular weight excluding hydrogens is 304 g/mol. The number of aliphatic hydroxyl groups excluding tert-OH is 1. The van der Waals surface area contributed by atoms with Gasteiger partial charge < -0.3 is 5.11 Å². The highest BCUT2D eigenvalue weighted by Crippen LogP contribution is 2.67. The Balaban J connectivity index is 1.60. The molecule has 0 bridgehead atoms. The molecule has 1 N–H and O–H groups in total. The highest BCUT2D eigenvalue weighted by molar-refractivity contribution is 5.25. The Kier molecular flexibility index (Phi) is 4.63. The molecule has 8 atom stereocenters. The van der Waals surface area contributed by atoms with Gasteiger partial charge in [-0.25, -0.2) is 0 Å². The van der Waals surface area contributed by atoms with Gasteiger partial charge in [-0.1, -0.05) is 52.2 Å². The lowest BCUT2D eigenvalue weighted by Crippen LogP contribution is -2.50. The van der Waals surface area contributed by atoms with Crippen LogP contribution >= 0.6 is 0 Å². The Hall–Kier alpha value is -0.300. The molecule has 0 heterocycles. The quantitative estimate of drug-likeness (QED) is 0.590. The predicted octanol–water partition coefficient (Wildman–Crippen LogP) is 6.36. The van der Waals surface area contributed by atoms with Gasteiger partial charge in [0.05, 0.1) is 6.10 Å². The number of fused-ring (bicyclic) bond motifs is 5. The first-order chi connectivity index (χ1) is 11.9. The maximum absolute atomic E-state index is 10.2. The monoisotopic (exact) mass is 344 g/mol. The van der Waals surface area contributed by atoms with Gasteiger partial charge in [0.2, 0.25) is 0 Å². The maximum Gasteiger partial charge on any atom is 0.0577 e. The molecular formula is C24H40O. The van der Waals surface area contributed by atoms with Crippen molar-refractivity contribution in [2.24, 2.45) is 40.4 Å². The van der Waals surface area contributed by atoms with Crippen molar-refractivity contribution < 1.29 is 5.11 Å². The maximum atomic E-state index is 10.2. The van der Waals surface area contributed by atoms with Crippen LogP contribution in [0.5, 0.6) is 0 Å². The molecule has 0 aliphatic heterocycles. The van der Waals surface area contributed by atoms with E-state index in [1.807, 2.05) is 0 Å². The first kappa shape index (κ1) is 18.1. The van der Waals surface area contributed by atoms with Crippen LogP contribution in [0.3, 0.4) is 0 Å². The average Bonchev–Trinajstić information content (AvgIpc) is 2.93. The van der Waals surface area contributed by atoms with E-state index in [-0.39, 0.29) is 6.10 Å². The van der Waals surface area contributed by atoms with E-state index in [0.29, 0.717) is 10.8 Å². The first-order valence-electron chi connectivity index (χ1n) is 11.3. The third-order valence-electron chi connectivity index (χ3n) is 9.58. The van der Waals surface area contributed by atoms with Gasteiger partial charge in [0.15, 0.2) is 0 Å². The molecule has 0 saturated heterocycles. The van der Waals surface area contributed by atoms with Crippen molar-refractivity contribution in [2.75, 3.05) is 0 Å². The van der Waals surface area contributed by atoms with E-state index in [4.69, 9.17) is 0 Å². The zero-order valence-electron chi connectivity index (χ0n) is 17.1. The van der Waals surface area contributed by atoms with E-state index in [1.165, 1.54) is 51.4 Å². The Morgan fingerprint density at radius 3 is 2.68 bits per heavy atom. The summed E-state index contributed by atoms with van der Waals surface area (Å²) >= 11 is 0. The normalized spacial score (nSPS) is 50.4. The number of rotatable bonds is 3. The van der Waals surface area contributed by atoms with Gasteiger partial charge in [-0.15, -0.1) is 0 Å². The fourth-order valence-corrected chi connectivity index (χ4v) is 8.27. The van der Waals surface area contributed by atoms with Crippen LogP contribution in [0.15, 0.2) is 11.6 Å². The fraction of sp³-hybridized carbons (Fsp3) is 0.917. The zero-order chi connectivity index (χ0) is 17.8. The summed E-state index contributed by atoms with van der Waals surface area (Å²) < 4.78 is 0. The van der Waals surface area contributed by atoms with Gasteiger partial charge in [0, 0.05) is 0 Å². The number of allylic oxidation sites excluding steroid dienone is 1. The summed E-state index contributed by atoms with van der Waals surface area (Å²) in [4.78, 5) is 0. The summed E-state index contributed by atoms with van der Waals surface area (Å²) in [5.41, 5.74) is 2.62. The van der Waals surface area contributed by atoms with Crippen molar-refractivity contribution in [3.63, 3.8) is 0 Å². The van der Waals surface area contributed by atoms with Crippen molar-refractivity contribution in [3.05, 3.63) is 11.6 Å². The van der Waals surface area contributed by atoms with E-state index in [9.17, 15) is 5.11 Å². The molecule has 4 aliphatic carbocycles. The summed E-state index contributed by atoms with van der Waals surface area (Å²) in [5, 5.41) is 10.2. The van der Waals surface area contributed by atoms with Crippen molar-refractivity contribution in [2.45, 2.75) is 98.0 Å². The summed E-state index contributed by atoms with van der Waals surface area (Å²) in [6.07, 6.45) is 15.6. The van der Waals surface area contributed by atoms with Crippen LogP contribution in [0.2, 0.25) is 0 Å². The average molecular weight is 345 g/mol. The topological polar surface area (TPSA) is 20.2 Å². The summed E-state index contributed by atoms with van der Waals surface area (Å²) in [6.45, 7) is 10.1. The standard InChI is InChI=1S/C24H40O/c1-5-6-16(2)20-9-10-21-19-8-7-17-15-18(25)11-13-23(17,3)22(19)12-14-24(20,21)4/h7,16,18-22,25H,5-6,8-15H2,1-4H3/t16-,18+,19?,20?,21?,22?,23+,24-/m1/s1.